The molecule has 1 heterocycles. The largest absolute Gasteiger partial charge is 0.496 e. The number of aliphatic hydroxyl groups is 1. The predicted octanol–water partition coefficient (Wildman–Crippen LogP) is 7.81. The van der Waals surface area contributed by atoms with Gasteiger partial charge in [-0.3, -0.25) is 9.48 Å². The molecular formula is C39H54N4O5. The van der Waals surface area contributed by atoms with E-state index in [4.69, 9.17) is 9.47 Å². The second kappa shape index (κ2) is 15.6. The van der Waals surface area contributed by atoms with Gasteiger partial charge in [-0.25, -0.2) is 4.79 Å². The summed E-state index contributed by atoms with van der Waals surface area (Å²) in [4.78, 5) is 28.7. The Hall–Kier alpha value is -3.85. The summed E-state index contributed by atoms with van der Waals surface area (Å²) in [6.07, 6.45) is 10.2. The summed E-state index contributed by atoms with van der Waals surface area (Å²) in [5, 5.41) is 17.1. The Balaban J connectivity index is 1.28. The van der Waals surface area contributed by atoms with Crippen molar-refractivity contribution in [3.05, 3.63) is 66.0 Å². The average Bonchev–Trinajstić information content (AvgIpc) is 3.58. The zero-order valence-electron chi connectivity index (χ0n) is 29.6. The first-order chi connectivity index (χ1) is 22.9. The number of carbonyl (C=O) groups excluding carboxylic acids is 2. The van der Waals surface area contributed by atoms with E-state index in [1.54, 1.807) is 21.0 Å². The zero-order valence-corrected chi connectivity index (χ0v) is 29.6. The molecule has 9 nitrogen and oxygen atoms in total. The van der Waals surface area contributed by atoms with E-state index in [9.17, 15) is 14.7 Å². The van der Waals surface area contributed by atoms with Crippen LogP contribution in [-0.2, 0) is 9.53 Å². The fraction of sp³-hybridized carbons (Fsp3) is 0.564. The molecule has 1 aromatic heterocycles. The van der Waals surface area contributed by atoms with Gasteiger partial charge in [0.05, 0.1) is 18.9 Å². The molecule has 0 unspecified atom stereocenters. The topological polar surface area (TPSA) is 106 Å². The van der Waals surface area contributed by atoms with Gasteiger partial charge in [-0.1, -0.05) is 24.3 Å². The summed E-state index contributed by atoms with van der Waals surface area (Å²) in [5.74, 6) is 1.89. The van der Waals surface area contributed by atoms with Gasteiger partial charge in [-0.05, 0) is 133 Å². The highest BCUT2D eigenvalue weighted by Gasteiger charge is 2.34. The number of amides is 2. The summed E-state index contributed by atoms with van der Waals surface area (Å²) in [6, 6.07) is 15.1. The molecule has 9 heteroatoms. The molecule has 0 spiro atoms. The number of rotatable bonds is 11. The van der Waals surface area contributed by atoms with Crippen LogP contribution in [-0.4, -0.2) is 58.8 Å². The molecule has 3 aromatic rings. The Labute approximate surface area is 286 Å². The van der Waals surface area contributed by atoms with Gasteiger partial charge in [0.25, 0.3) is 0 Å². The van der Waals surface area contributed by atoms with Crippen LogP contribution in [0.3, 0.4) is 0 Å². The van der Waals surface area contributed by atoms with Crippen LogP contribution in [0.15, 0.2) is 54.9 Å². The number of nitrogens with zero attached hydrogens (tertiary/aromatic N) is 3. The molecule has 2 amide bonds. The maximum absolute atomic E-state index is 14.4. The van der Waals surface area contributed by atoms with E-state index in [0.29, 0.717) is 44.1 Å². The number of carbonyl (C=O) groups is 2. The predicted molar refractivity (Wildman–Crippen MR) is 189 cm³/mol. The second-order valence-corrected chi connectivity index (χ2v) is 14.8. The highest BCUT2D eigenvalue weighted by Crippen LogP contribution is 2.39. The van der Waals surface area contributed by atoms with Crippen molar-refractivity contribution in [2.24, 2.45) is 11.8 Å². The van der Waals surface area contributed by atoms with Crippen molar-refractivity contribution >= 4 is 17.7 Å². The quantitative estimate of drug-likeness (QED) is 0.218. The number of benzene rings is 2. The van der Waals surface area contributed by atoms with Crippen LogP contribution in [0, 0.1) is 18.8 Å². The Morgan fingerprint density at radius 3 is 2.38 bits per heavy atom. The molecule has 2 aliphatic carbocycles. The molecule has 5 rings (SSSR count). The number of ether oxygens (including phenoxy) is 2. The van der Waals surface area contributed by atoms with Crippen molar-refractivity contribution in [2.45, 2.75) is 110 Å². The zero-order chi connectivity index (χ0) is 34.4. The number of hydrogen-bond acceptors (Lipinski definition) is 6. The van der Waals surface area contributed by atoms with Gasteiger partial charge in [0.15, 0.2) is 0 Å². The van der Waals surface area contributed by atoms with Crippen LogP contribution in [0.2, 0.25) is 0 Å². The van der Waals surface area contributed by atoms with Gasteiger partial charge >= 0.3 is 6.09 Å². The van der Waals surface area contributed by atoms with Crippen molar-refractivity contribution in [1.29, 1.82) is 0 Å². The van der Waals surface area contributed by atoms with Crippen molar-refractivity contribution in [2.75, 3.05) is 25.1 Å². The van der Waals surface area contributed by atoms with Gasteiger partial charge in [0.2, 0.25) is 5.91 Å². The van der Waals surface area contributed by atoms with Gasteiger partial charge < -0.3 is 24.8 Å². The van der Waals surface area contributed by atoms with Crippen LogP contribution >= 0.6 is 0 Å². The van der Waals surface area contributed by atoms with E-state index >= 15 is 0 Å². The average molecular weight is 659 g/mol. The maximum atomic E-state index is 14.4. The second-order valence-electron chi connectivity index (χ2n) is 14.8. The van der Waals surface area contributed by atoms with Crippen LogP contribution in [0.4, 0.5) is 10.5 Å². The van der Waals surface area contributed by atoms with Crippen LogP contribution < -0.4 is 15.0 Å². The lowest BCUT2D eigenvalue weighted by molar-refractivity contribution is -0.124. The molecule has 260 valence electrons. The van der Waals surface area contributed by atoms with Gasteiger partial charge in [0, 0.05) is 42.5 Å². The van der Waals surface area contributed by atoms with Crippen LogP contribution in [0.5, 0.6) is 5.75 Å². The first-order valence-corrected chi connectivity index (χ1v) is 17.7. The molecule has 0 saturated heterocycles. The van der Waals surface area contributed by atoms with Gasteiger partial charge in [0.1, 0.15) is 11.9 Å². The Bertz CT molecular complexity index is 1530. The first kappa shape index (κ1) is 35.5. The fourth-order valence-electron chi connectivity index (χ4n) is 7.17. The summed E-state index contributed by atoms with van der Waals surface area (Å²) in [7, 11) is 1.72. The van der Waals surface area contributed by atoms with Crippen LogP contribution in [0.1, 0.15) is 102 Å². The number of aromatic nitrogens is 2. The number of anilines is 1. The molecule has 48 heavy (non-hydrogen) atoms. The standard InChI is InChI=1S/C39H54N4O5/c1-26(2)43-24-33(22-41-43)31-8-7-9-34(21-31)42(23-28-10-12-29(13-11-28)32-16-19-36(47-6)27(3)20-32)37(44)30-14-17-35(18-15-30)48-38(45)40-25-39(4,5)46/h7-9,16,19-22,24,26,28-30,35,46H,10-15,17-18,23,25H2,1-6H3,(H,40,45). The third-order valence-corrected chi connectivity index (χ3v) is 10.0. The molecule has 2 saturated carbocycles. The smallest absolute Gasteiger partial charge is 0.407 e. The minimum absolute atomic E-state index is 0.119. The molecule has 0 bridgehead atoms. The molecule has 0 aliphatic heterocycles. The Morgan fingerprint density at radius 1 is 1.02 bits per heavy atom. The minimum atomic E-state index is -1.01. The molecular weight excluding hydrogens is 604 g/mol. The summed E-state index contributed by atoms with van der Waals surface area (Å²) < 4.78 is 13.1. The van der Waals surface area contributed by atoms with Crippen molar-refractivity contribution in [1.82, 2.24) is 15.1 Å². The third-order valence-electron chi connectivity index (χ3n) is 10.0. The number of aryl methyl sites for hydroxylation is 1. The molecule has 2 aliphatic rings. The molecule has 2 N–H and O–H groups in total. The summed E-state index contributed by atoms with van der Waals surface area (Å²) in [6.45, 7) is 10.4. The third kappa shape index (κ3) is 9.19. The van der Waals surface area contributed by atoms with E-state index in [0.717, 1.165) is 48.2 Å². The van der Waals surface area contributed by atoms with E-state index < -0.39 is 11.7 Å². The Kier molecular flexibility index (Phi) is 11.5. The lowest BCUT2D eigenvalue weighted by Gasteiger charge is -2.36. The number of nitrogens with one attached hydrogen (secondary N) is 1. The lowest BCUT2D eigenvalue weighted by Crippen LogP contribution is -2.43. The maximum Gasteiger partial charge on any atom is 0.407 e. The summed E-state index contributed by atoms with van der Waals surface area (Å²) >= 11 is 0. The van der Waals surface area contributed by atoms with E-state index in [2.05, 4.69) is 73.8 Å². The van der Waals surface area contributed by atoms with Gasteiger partial charge in [-0.2, -0.15) is 5.10 Å². The van der Waals surface area contributed by atoms with E-state index in [-0.39, 0.29) is 30.5 Å². The highest BCUT2D eigenvalue weighted by molar-refractivity contribution is 5.95. The number of hydrogen-bond donors (Lipinski definition) is 2. The number of alkyl carbamates (subject to hydrolysis) is 1. The van der Waals surface area contributed by atoms with E-state index in [1.807, 2.05) is 21.8 Å². The molecule has 2 aromatic carbocycles. The normalized spacial score (nSPS) is 21.5. The van der Waals surface area contributed by atoms with Gasteiger partial charge in [-0.15, -0.1) is 0 Å². The van der Waals surface area contributed by atoms with Crippen LogP contribution in [0.25, 0.3) is 11.1 Å². The lowest BCUT2D eigenvalue weighted by atomic mass is 9.78. The highest BCUT2D eigenvalue weighted by atomic mass is 16.6. The first-order valence-electron chi connectivity index (χ1n) is 17.7. The summed E-state index contributed by atoms with van der Waals surface area (Å²) in [5.41, 5.74) is 4.54. The fourth-order valence-corrected chi connectivity index (χ4v) is 7.17. The Morgan fingerprint density at radius 2 is 1.75 bits per heavy atom. The van der Waals surface area contributed by atoms with Crippen molar-refractivity contribution < 1.29 is 24.2 Å². The monoisotopic (exact) mass is 658 g/mol. The SMILES string of the molecule is COc1ccc(C2CCC(CN(C(=O)C3CCC(OC(=O)NCC(C)(C)O)CC3)c3cccc(-c4cnn(C(C)C)c4)c3)CC2)cc1C. The molecule has 2 fully saturated rings. The molecule has 0 radical (unpaired) electrons. The number of methoxy groups -OCH3 is 1. The molecule has 0 atom stereocenters. The minimum Gasteiger partial charge on any atom is -0.496 e. The van der Waals surface area contributed by atoms with E-state index in [1.165, 1.54) is 11.1 Å². The van der Waals surface area contributed by atoms with Crippen molar-refractivity contribution in [3.63, 3.8) is 0 Å². The van der Waals surface area contributed by atoms with Crippen molar-refractivity contribution in [3.8, 4) is 16.9 Å².